The van der Waals surface area contributed by atoms with Crippen molar-refractivity contribution in [1.82, 2.24) is 5.32 Å². The van der Waals surface area contributed by atoms with Crippen LogP contribution < -0.4 is 11.1 Å². The number of hydrogen-bond donors (Lipinski definition) is 7. The highest BCUT2D eigenvalue weighted by molar-refractivity contribution is 5.81. The van der Waals surface area contributed by atoms with E-state index in [1.807, 2.05) is 0 Å². The van der Waals surface area contributed by atoms with Crippen LogP contribution in [-0.4, -0.2) is 74.6 Å². The van der Waals surface area contributed by atoms with Crippen LogP contribution >= 0.6 is 0 Å². The summed E-state index contributed by atoms with van der Waals surface area (Å²) in [5.41, 5.74) is 3.90. The minimum absolute atomic E-state index is 0.0350. The molecule has 0 rings (SSSR count). The Morgan fingerprint density at radius 2 is 1.58 bits per heavy atom. The molecule has 0 saturated heterocycles. The van der Waals surface area contributed by atoms with Gasteiger partial charge in [0.15, 0.2) is 0 Å². The molecule has 0 fully saturated rings. The molecule has 0 aromatic rings. The van der Waals surface area contributed by atoms with Crippen molar-refractivity contribution in [2.24, 2.45) is 11.1 Å². The van der Waals surface area contributed by atoms with Gasteiger partial charge in [-0.25, -0.2) is 0 Å². The van der Waals surface area contributed by atoms with Crippen molar-refractivity contribution in [2.75, 3.05) is 13.2 Å². The predicted molar refractivity (Wildman–Crippen MR) is 80.0 cm³/mol. The van der Waals surface area contributed by atoms with Gasteiger partial charge in [-0.15, -0.1) is 0 Å². The van der Waals surface area contributed by atoms with Gasteiger partial charge < -0.3 is 36.6 Å². The molecule has 0 heterocycles. The second kappa shape index (κ2) is 11.3. The fourth-order valence-electron chi connectivity index (χ4n) is 1.11. The second-order valence-corrected chi connectivity index (χ2v) is 5.53. The Morgan fingerprint density at radius 3 is 1.88 bits per heavy atom. The summed E-state index contributed by atoms with van der Waals surface area (Å²) in [6.07, 6.45) is -2.08. The van der Waals surface area contributed by atoms with E-state index in [0.717, 1.165) is 0 Å². The van der Waals surface area contributed by atoms with Crippen molar-refractivity contribution in [3.63, 3.8) is 0 Å². The summed E-state index contributed by atoms with van der Waals surface area (Å²) in [5, 5.41) is 45.0. The third kappa shape index (κ3) is 11.3. The number of aliphatic hydroxyl groups excluding tert-OH is 2. The maximum Gasteiger partial charge on any atom is 0.321 e. The first kappa shape index (κ1) is 24.0. The fourth-order valence-corrected chi connectivity index (χ4v) is 1.11. The molecule has 0 aromatic heterocycles. The molecule has 1 unspecified atom stereocenters. The zero-order chi connectivity index (χ0) is 19.5. The Hall–Kier alpha value is -2.24. The zero-order valence-corrected chi connectivity index (χ0v) is 13.4. The van der Waals surface area contributed by atoms with Crippen LogP contribution in [0, 0.1) is 5.41 Å². The van der Waals surface area contributed by atoms with Crippen molar-refractivity contribution in [3.8, 4) is 0 Å². The van der Waals surface area contributed by atoms with E-state index in [2.05, 4.69) is 5.32 Å². The lowest BCUT2D eigenvalue weighted by Gasteiger charge is -2.26. The number of aliphatic carboxylic acids is 3. The average molecular weight is 352 g/mol. The van der Waals surface area contributed by atoms with Gasteiger partial charge in [-0.05, 0) is 0 Å². The third-order valence-corrected chi connectivity index (χ3v) is 2.75. The van der Waals surface area contributed by atoms with E-state index in [1.54, 1.807) is 0 Å². The molecule has 140 valence electrons. The Labute approximate surface area is 138 Å². The molecular formula is C13H24N2O9. The van der Waals surface area contributed by atoms with Gasteiger partial charge in [-0.3, -0.25) is 19.2 Å². The van der Waals surface area contributed by atoms with Crippen LogP contribution in [0.15, 0.2) is 0 Å². The van der Waals surface area contributed by atoms with Gasteiger partial charge in [0.1, 0.15) is 12.1 Å². The maximum absolute atomic E-state index is 11.3. The molecule has 0 aromatic carbocycles. The summed E-state index contributed by atoms with van der Waals surface area (Å²) in [4.78, 5) is 41.0. The number of nitrogens with two attached hydrogens (primary N) is 1. The summed E-state index contributed by atoms with van der Waals surface area (Å²) in [6, 6.07) is -1.29. The second-order valence-electron chi connectivity index (χ2n) is 5.53. The molecule has 0 bridgehead atoms. The van der Waals surface area contributed by atoms with Crippen molar-refractivity contribution < 1.29 is 44.7 Å². The number of carbonyl (C=O) groups excluding carboxylic acids is 1. The highest BCUT2D eigenvalue weighted by Crippen LogP contribution is 2.19. The largest absolute Gasteiger partial charge is 0.481 e. The first-order valence-electron chi connectivity index (χ1n) is 6.83. The van der Waals surface area contributed by atoms with Crippen molar-refractivity contribution in [3.05, 3.63) is 0 Å². The maximum atomic E-state index is 11.3. The van der Waals surface area contributed by atoms with Crippen LogP contribution in [-0.2, 0) is 19.2 Å². The minimum Gasteiger partial charge on any atom is -0.481 e. The van der Waals surface area contributed by atoms with Crippen molar-refractivity contribution >= 4 is 23.8 Å². The van der Waals surface area contributed by atoms with Crippen LogP contribution in [0.2, 0.25) is 0 Å². The third-order valence-electron chi connectivity index (χ3n) is 2.75. The monoisotopic (exact) mass is 352 g/mol. The number of amides is 1. The number of rotatable bonds is 9. The number of carbonyl (C=O) groups is 4. The summed E-state index contributed by atoms with van der Waals surface area (Å²) in [5.74, 6) is -4.19. The van der Waals surface area contributed by atoms with E-state index in [-0.39, 0.29) is 19.6 Å². The van der Waals surface area contributed by atoms with Gasteiger partial charge in [0.05, 0.1) is 19.4 Å². The summed E-state index contributed by atoms with van der Waals surface area (Å²) in [6.45, 7) is 2.70. The van der Waals surface area contributed by atoms with Crippen LogP contribution in [0.5, 0.6) is 0 Å². The molecule has 0 aliphatic rings. The lowest BCUT2D eigenvalue weighted by atomic mass is 9.87. The molecule has 24 heavy (non-hydrogen) atoms. The molecule has 2 atom stereocenters. The SMILES string of the molecule is CC(C)(CO)C(O)C(=O)NCCC(=O)O.N[C@@H](CC(=O)O)C(=O)O. The topological polar surface area (TPSA) is 207 Å². The van der Waals surface area contributed by atoms with E-state index in [4.69, 9.17) is 26.2 Å². The smallest absolute Gasteiger partial charge is 0.321 e. The van der Waals surface area contributed by atoms with Crippen molar-refractivity contribution in [1.29, 1.82) is 0 Å². The van der Waals surface area contributed by atoms with Gasteiger partial charge in [-0.1, -0.05) is 13.8 Å². The minimum atomic E-state index is -1.35. The molecule has 1 amide bonds. The molecule has 0 spiro atoms. The van der Waals surface area contributed by atoms with E-state index >= 15 is 0 Å². The zero-order valence-electron chi connectivity index (χ0n) is 13.4. The Balaban J connectivity index is 0. The van der Waals surface area contributed by atoms with Gasteiger partial charge >= 0.3 is 17.9 Å². The summed E-state index contributed by atoms with van der Waals surface area (Å²) >= 11 is 0. The number of hydrogen-bond acceptors (Lipinski definition) is 7. The lowest BCUT2D eigenvalue weighted by molar-refractivity contribution is -0.144. The van der Waals surface area contributed by atoms with Gasteiger partial charge in [0.2, 0.25) is 5.91 Å². The van der Waals surface area contributed by atoms with Crippen LogP contribution in [0.25, 0.3) is 0 Å². The molecule has 0 aliphatic heterocycles. The number of carboxylic acid groups (broad SMARTS) is 3. The van der Waals surface area contributed by atoms with Crippen LogP contribution in [0.3, 0.4) is 0 Å². The van der Waals surface area contributed by atoms with E-state index in [1.165, 1.54) is 13.8 Å². The Kier molecular flexibility index (Phi) is 11.3. The molecule has 8 N–H and O–H groups in total. The van der Waals surface area contributed by atoms with E-state index < -0.39 is 47.8 Å². The normalized spacial score (nSPS) is 13.0. The predicted octanol–water partition coefficient (Wildman–Crippen LogP) is -2.17. The summed E-state index contributed by atoms with van der Waals surface area (Å²) in [7, 11) is 0. The Morgan fingerprint density at radius 1 is 1.08 bits per heavy atom. The molecule has 0 saturated carbocycles. The highest BCUT2D eigenvalue weighted by atomic mass is 16.4. The fraction of sp³-hybridized carbons (Fsp3) is 0.692. The van der Waals surface area contributed by atoms with Gasteiger partial charge in [0.25, 0.3) is 0 Å². The highest BCUT2D eigenvalue weighted by Gasteiger charge is 2.32. The van der Waals surface area contributed by atoms with Crippen LogP contribution in [0.1, 0.15) is 26.7 Å². The molecule has 0 radical (unpaired) electrons. The van der Waals surface area contributed by atoms with Gasteiger partial charge in [0, 0.05) is 12.0 Å². The standard InChI is InChI=1S/C9H17NO5.C4H7NO4/c1-9(2,5-11)7(14)8(15)10-4-3-6(12)13;5-2(4(8)9)1-3(6)7/h7,11,14H,3-5H2,1-2H3,(H,10,15)(H,12,13);2H,1,5H2,(H,6,7)(H,8,9)/t;2-/m.0/s1. The van der Waals surface area contributed by atoms with E-state index in [0.29, 0.717) is 0 Å². The van der Waals surface area contributed by atoms with Crippen LogP contribution in [0.4, 0.5) is 0 Å². The Bertz CT molecular complexity index is 451. The lowest BCUT2D eigenvalue weighted by Crippen LogP contribution is -2.45. The quantitative estimate of drug-likeness (QED) is 0.239. The molecule has 0 aliphatic carbocycles. The first-order valence-corrected chi connectivity index (χ1v) is 6.83. The molecule has 11 nitrogen and oxygen atoms in total. The summed E-state index contributed by atoms with van der Waals surface area (Å²) < 4.78 is 0. The molecular weight excluding hydrogens is 328 g/mol. The first-order chi connectivity index (χ1) is 10.8. The number of carboxylic acids is 3. The van der Waals surface area contributed by atoms with E-state index in [9.17, 15) is 24.3 Å². The molecule has 11 heteroatoms. The average Bonchev–Trinajstić information content (AvgIpc) is 2.45. The van der Waals surface area contributed by atoms with Gasteiger partial charge in [-0.2, -0.15) is 0 Å². The van der Waals surface area contributed by atoms with Crippen molar-refractivity contribution in [2.45, 2.75) is 38.8 Å². The number of nitrogens with one attached hydrogen (secondary N) is 1. The number of aliphatic hydroxyl groups is 2.